The zero-order valence-corrected chi connectivity index (χ0v) is 16.4. The van der Waals surface area contributed by atoms with E-state index in [9.17, 15) is 0 Å². The van der Waals surface area contributed by atoms with E-state index in [4.69, 9.17) is 23.2 Å². The zero-order chi connectivity index (χ0) is 17.8. The molecule has 4 heteroatoms. The molecule has 3 rings (SSSR count). The third-order valence-electron chi connectivity index (χ3n) is 4.92. The minimum absolute atomic E-state index is 0.205. The minimum Gasteiger partial charge on any atom is -0.315 e. The Bertz CT molecular complexity index is 690. The first kappa shape index (κ1) is 18.7. The summed E-state index contributed by atoms with van der Waals surface area (Å²) in [4.78, 5) is 2.55. The van der Waals surface area contributed by atoms with E-state index in [1.54, 1.807) is 0 Å². The van der Waals surface area contributed by atoms with Crippen LogP contribution in [0.25, 0.3) is 0 Å². The topological polar surface area (TPSA) is 15.3 Å². The second-order valence-corrected chi connectivity index (χ2v) is 7.85. The lowest BCUT2D eigenvalue weighted by molar-refractivity contribution is 0.241. The Labute approximate surface area is 161 Å². The van der Waals surface area contributed by atoms with Crippen LogP contribution in [0.1, 0.15) is 48.9 Å². The number of benzene rings is 2. The quantitative estimate of drug-likeness (QED) is 0.757. The third kappa shape index (κ3) is 4.57. The maximum Gasteiger partial charge on any atom is 0.0602 e. The van der Waals surface area contributed by atoms with Crippen LogP contribution in [0.15, 0.2) is 42.5 Å². The monoisotopic (exact) mass is 376 g/mol. The van der Waals surface area contributed by atoms with Crippen LogP contribution in [-0.2, 0) is 0 Å². The molecule has 1 aliphatic rings. The Kier molecular flexibility index (Phi) is 6.40. The van der Waals surface area contributed by atoms with Gasteiger partial charge in [-0.2, -0.15) is 0 Å². The van der Waals surface area contributed by atoms with E-state index in [1.165, 1.54) is 16.7 Å². The van der Waals surface area contributed by atoms with Gasteiger partial charge in [-0.05, 0) is 47.7 Å². The number of halogens is 2. The predicted octanol–water partition coefficient (Wildman–Crippen LogP) is 5.50. The zero-order valence-electron chi connectivity index (χ0n) is 14.9. The summed E-state index contributed by atoms with van der Waals surface area (Å²) >= 11 is 12.5. The van der Waals surface area contributed by atoms with E-state index < -0.39 is 0 Å². The largest absolute Gasteiger partial charge is 0.315 e. The highest BCUT2D eigenvalue weighted by Gasteiger charge is 2.24. The molecule has 0 spiro atoms. The van der Waals surface area contributed by atoms with E-state index in [0.717, 1.165) is 32.6 Å². The summed E-state index contributed by atoms with van der Waals surface area (Å²) < 4.78 is 0. The Morgan fingerprint density at radius 2 is 1.52 bits per heavy atom. The normalized spacial score (nSPS) is 17.5. The first-order chi connectivity index (χ1) is 12.1. The second-order valence-electron chi connectivity index (χ2n) is 7.04. The number of nitrogens with zero attached hydrogens (tertiary/aromatic N) is 1. The van der Waals surface area contributed by atoms with Crippen LogP contribution in [0.5, 0.6) is 0 Å². The summed E-state index contributed by atoms with van der Waals surface area (Å²) in [6.45, 7) is 8.65. The summed E-state index contributed by atoms with van der Waals surface area (Å²) in [5, 5.41) is 4.72. The van der Waals surface area contributed by atoms with E-state index >= 15 is 0 Å². The Morgan fingerprint density at radius 1 is 0.840 bits per heavy atom. The van der Waals surface area contributed by atoms with Crippen LogP contribution in [0, 0.1) is 0 Å². The fourth-order valence-electron chi connectivity index (χ4n) is 3.48. The van der Waals surface area contributed by atoms with Gasteiger partial charge in [0.15, 0.2) is 0 Å². The molecule has 1 unspecified atom stereocenters. The average Bonchev–Trinajstić information content (AvgIpc) is 2.88. The molecule has 1 atom stereocenters. The van der Waals surface area contributed by atoms with Gasteiger partial charge in [-0.3, -0.25) is 4.90 Å². The van der Waals surface area contributed by atoms with Crippen molar-refractivity contribution in [1.82, 2.24) is 10.2 Å². The molecule has 1 fully saturated rings. The van der Waals surface area contributed by atoms with Crippen molar-refractivity contribution in [2.75, 3.05) is 26.2 Å². The molecule has 1 saturated heterocycles. The van der Waals surface area contributed by atoms with Crippen LogP contribution in [0.3, 0.4) is 0 Å². The molecule has 2 aromatic carbocycles. The molecule has 25 heavy (non-hydrogen) atoms. The minimum atomic E-state index is 0.205. The van der Waals surface area contributed by atoms with Crippen molar-refractivity contribution >= 4 is 23.2 Å². The van der Waals surface area contributed by atoms with E-state index in [2.05, 4.69) is 54.4 Å². The predicted molar refractivity (Wildman–Crippen MR) is 108 cm³/mol. The number of hydrogen-bond acceptors (Lipinski definition) is 2. The molecule has 0 aliphatic carbocycles. The van der Waals surface area contributed by atoms with Crippen LogP contribution < -0.4 is 5.32 Å². The maximum absolute atomic E-state index is 6.32. The van der Waals surface area contributed by atoms with Gasteiger partial charge in [0.05, 0.1) is 16.1 Å². The summed E-state index contributed by atoms with van der Waals surface area (Å²) in [7, 11) is 0. The van der Waals surface area contributed by atoms with Crippen LogP contribution >= 0.6 is 23.2 Å². The highest BCUT2D eigenvalue weighted by atomic mass is 35.5. The molecule has 0 amide bonds. The van der Waals surface area contributed by atoms with Gasteiger partial charge >= 0.3 is 0 Å². The molecular weight excluding hydrogens is 351 g/mol. The molecular formula is C21H26Cl2N2. The van der Waals surface area contributed by atoms with Crippen molar-refractivity contribution in [3.63, 3.8) is 0 Å². The molecule has 1 aliphatic heterocycles. The lowest BCUT2D eigenvalue weighted by atomic mass is 9.94. The maximum atomic E-state index is 6.32. The van der Waals surface area contributed by atoms with Crippen molar-refractivity contribution in [1.29, 1.82) is 0 Å². The summed E-state index contributed by atoms with van der Waals surface area (Å²) in [6, 6.07) is 15.3. The molecule has 2 nitrogen and oxygen atoms in total. The standard InChI is InChI=1S/C21H26Cl2N2/c1-15(2)16-4-6-17(7-5-16)21(25-12-3-10-24-11-13-25)18-8-9-19(22)20(23)14-18/h4-9,14-15,21,24H,3,10-13H2,1-2H3. The molecule has 0 aromatic heterocycles. The van der Waals surface area contributed by atoms with Gasteiger partial charge in [0.25, 0.3) is 0 Å². The van der Waals surface area contributed by atoms with E-state index in [1.807, 2.05) is 12.1 Å². The second kappa shape index (κ2) is 8.55. The highest BCUT2D eigenvalue weighted by Crippen LogP contribution is 2.33. The van der Waals surface area contributed by atoms with Gasteiger partial charge in [0.2, 0.25) is 0 Å². The fourth-order valence-corrected chi connectivity index (χ4v) is 3.79. The Hall–Kier alpha value is -1.06. The van der Waals surface area contributed by atoms with Crippen molar-refractivity contribution in [3.8, 4) is 0 Å². The van der Waals surface area contributed by atoms with Gasteiger partial charge in [-0.25, -0.2) is 0 Å². The van der Waals surface area contributed by atoms with Crippen molar-refractivity contribution in [2.24, 2.45) is 0 Å². The summed E-state index contributed by atoms with van der Waals surface area (Å²) in [6.07, 6.45) is 1.15. The molecule has 1 heterocycles. The average molecular weight is 377 g/mol. The number of nitrogens with one attached hydrogen (secondary N) is 1. The number of hydrogen-bond donors (Lipinski definition) is 1. The third-order valence-corrected chi connectivity index (χ3v) is 5.66. The fraction of sp³-hybridized carbons (Fsp3) is 0.429. The van der Waals surface area contributed by atoms with Gasteiger partial charge in [0.1, 0.15) is 0 Å². The SMILES string of the molecule is CC(C)c1ccc(C(c2ccc(Cl)c(Cl)c2)N2CCCNCC2)cc1. The Balaban J connectivity index is 1.99. The lowest BCUT2D eigenvalue weighted by Crippen LogP contribution is -2.33. The van der Waals surface area contributed by atoms with Crippen molar-refractivity contribution in [2.45, 2.75) is 32.2 Å². The first-order valence-corrected chi connectivity index (χ1v) is 9.81. The molecule has 0 radical (unpaired) electrons. The van der Waals surface area contributed by atoms with Gasteiger partial charge < -0.3 is 5.32 Å². The van der Waals surface area contributed by atoms with Crippen molar-refractivity contribution < 1.29 is 0 Å². The molecule has 0 bridgehead atoms. The lowest BCUT2D eigenvalue weighted by Gasteiger charge is -2.31. The Morgan fingerprint density at radius 3 is 2.20 bits per heavy atom. The van der Waals surface area contributed by atoms with E-state index in [0.29, 0.717) is 16.0 Å². The molecule has 2 aromatic rings. The summed E-state index contributed by atoms with van der Waals surface area (Å²) in [5.41, 5.74) is 3.88. The molecule has 0 saturated carbocycles. The van der Waals surface area contributed by atoms with Gasteiger partial charge in [-0.15, -0.1) is 0 Å². The van der Waals surface area contributed by atoms with Gasteiger partial charge in [-0.1, -0.05) is 67.4 Å². The van der Waals surface area contributed by atoms with E-state index in [-0.39, 0.29) is 6.04 Å². The van der Waals surface area contributed by atoms with Gasteiger partial charge in [0, 0.05) is 19.6 Å². The smallest absolute Gasteiger partial charge is 0.0602 e. The summed E-state index contributed by atoms with van der Waals surface area (Å²) in [5.74, 6) is 0.542. The molecule has 134 valence electrons. The van der Waals surface area contributed by atoms with Crippen LogP contribution in [0.2, 0.25) is 10.0 Å². The first-order valence-electron chi connectivity index (χ1n) is 9.06. The highest BCUT2D eigenvalue weighted by molar-refractivity contribution is 6.42. The molecule has 1 N–H and O–H groups in total. The number of rotatable bonds is 4. The van der Waals surface area contributed by atoms with Crippen LogP contribution in [0.4, 0.5) is 0 Å². The van der Waals surface area contributed by atoms with Crippen LogP contribution in [-0.4, -0.2) is 31.1 Å². The van der Waals surface area contributed by atoms with Crippen molar-refractivity contribution in [3.05, 3.63) is 69.2 Å².